The summed E-state index contributed by atoms with van der Waals surface area (Å²) in [6.45, 7) is 0.827. The lowest BCUT2D eigenvalue weighted by Gasteiger charge is -2.05. The summed E-state index contributed by atoms with van der Waals surface area (Å²) in [5.41, 5.74) is 4.10. The molecule has 0 aliphatic carbocycles. The Bertz CT molecular complexity index is 500. The van der Waals surface area contributed by atoms with Crippen molar-refractivity contribution in [3.63, 3.8) is 0 Å². The number of aliphatic imine (C=N–C) groups is 1. The third-order valence-corrected chi connectivity index (χ3v) is 2.44. The minimum Gasteiger partial charge on any atom is -0.291 e. The molecule has 15 heavy (non-hydrogen) atoms. The molecule has 2 aromatic rings. The van der Waals surface area contributed by atoms with Crippen LogP contribution in [0.4, 0.5) is 0 Å². The lowest BCUT2D eigenvalue weighted by Crippen LogP contribution is -2.01. The first kappa shape index (κ1) is 8.28. The predicted molar refractivity (Wildman–Crippen MR) is 55.8 cm³/mol. The fourth-order valence-corrected chi connectivity index (χ4v) is 1.73. The van der Waals surface area contributed by atoms with E-state index < -0.39 is 0 Å². The van der Waals surface area contributed by atoms with Crippen molar-refractivity contribution >= 4 is 6.21 Å². The van der Waals surface area contributed by atoms with E-state index in [4.69, 9.17) is 0 Å². The van der Waals surface area contributed by atoms with E-state index in [0.29, 0.717) is 0 Å². The van der Waals surface area contributed by atoms with Gasteiger partial charge in [0.25, 0.3) is 0 Å². The van der Waals surface area contributed by atoms with Crippen molar-refractivity contribution < 1.29 is 0 Å². The second kappa shape index (κ2) is 3.27. The Hall–Kier alpha value is -2.04. The van der Waals surface area contributed by atoms with E-state index in [1.54, 1.807) is 12.4 Å². The molecular weight excluding hydrogens is 190 g/mol. The maximum absolute atomic E-state index is 4.27. The fraction of sp³-hybridized carbons (Fsp3) is 0.200. The summed E-state index contributed by atoms with van der Waals surface area (Å²) in [7, 11) is 0. The molecule has 0 fully saturated rings. The standard InChI is InChI=1S/C10H9N5/c1-2-11-5-9-8(1)10(15-14-9)7-3-12-6-13-4-7/h3-6H,1-2H2,(H,14,15). The summed E-state index contributed by atoms with van der Waals surface area (Å²) in [6.07, 6.45) is 7.82. The van der Waals surface area contributed by atoms with E-state index in [2.05, 4.69) is 25.2 Å². The Morgan fingerprint density at radius 3 is 2.93 bits per heavy atom. The maximum atomic E-state index is 4.27. The van der Waals surface area contributed by atoms with Crippen LogP contribution < -0.4 is 0 Å². The molecule has 3 rings (SSSR count). The van der Waals surface area contributed by atoms with Gasteiger partial charge in [-0.3, -0.25) is 10.1 Å². The number of fused-ring (bicyclic) bond motifs is 1. The summed E-state index contributed by atoms with van der Waals surface area (Å²) in [5, 5.41) is 7.24. The molecule has 2 aromatic heterocycles. The fourth-order valence-electron chi connectivity index (χ4n) is 1.73. The van der Waals surface area contributed by atoms with Crippen molar-refractivity contribution in [1.29, 1.82) is 0 Å². The molecule has 0 atom stereocenters. The number of aromatic nitrogens is 4. The summed E-state index contributed by atoms with van der Waals surface area (Å²) in [4.78, 5) is 12.2. The van der Waals surface area contributed by atoms with Crippen LogP contribution in [-0.2, 0) is 6.42 Å². The van der Waals surface area contributed by atoms with Gasteiger partial charge in [0.15, 0.2) is 0 Å². The van der Waals surface area contributed by atoms with Gasteiger partial charge in [-0.1, -0.05) is 0 Å². The highest BCUT2D eigenvalue weighted by molar-refractivity contribution is 5.83. The van der Waals surface area contributed by atoms with Crippen LogP contribution >= 0.6 is 0 Å². The molecule has 0 unspecified atom stereocenters. The van der Waals surface area contributed by atoms with Crippen molar-refractivity contribution in [3.8, 4) is 11.3 Å². The first-order chi connectivity index (χ1) is 7.45. The van der Waals surface area contributed by atoms with Gasteiger partial charge in [-0.15, -0.1) is 0 Å². The maximum Gasteiger partial charge on any atom is 0.115 e. The highest BCUT2D eigenvalue weighted by Gasteiger charge is 2.15. The first-order valence-electron chi connectivity index (χ1n) is 4.77. The smallest absolute Gasteiger partial charge is 0.115 e. The molecule has 0 aromatic carbocycles. The Morgan fingerprint density at radius 2 is 2.07 bits per heavy atom. The number of nitrogens with one attached hydrogen (secondary N) is 1. The van der Waals surface area contributed by atoms with E-state index >= 15 is 0 Å². The average molecular weight is 199 g/mol. The molecular formula is C10H9N5. The van der Waals surface area contributed by atoms with Crippen LogP contribution in [0.2, 0.25) is 0 Å². The molecule has 1 aliphatic heterocycles. The lowest BCUT2D eigenvalue weighted by atomic mass is 10.0. The summed E-state index contributed by atoms with van der Waals surface area (Å²) in [6, 6.07) is 0. The van der Waals surface area contributed by atoms with Crippen LogP contribution in [0.15, 0.2) is 23.7 Å². The van der Waals surface area contributed by atoms with Gasteiger partial charge in [-0.05, 0) is 6.42 Å². The topological polar surface area (TPSA) is 66.8 Å². The molecule has 0 saturated heterocycles. The zero-order chi connectivity index (χ0) is 10.1. The molecule has 0 bridgehead atoms. The zero-order valence-corrected chi connectivity index (χ0v) is 8.01. The summed E-state index contributed by atoms with van der Waals surface area (Å²) < 4.78 is 0. The number of aromatic amines is 1. The van der Waals surface area contributed by atoms with Crippen LogP contribution in [0.1, 0.15) is 11.3 Å². The molecule has 5 heteroatoms. The Kier molecular flexibility index (Phi) is 1.81. The van der Waals surface area contributed by atoms with Crippen LogP contribution in [0.3, 0.4) is 0 Å². The van der Waals surface area contributed by atoms with Gasteiger partial charge in [0.2, 0.25) is 0 Å². The minimum atomic E-state index is 0.827. The van der Waals surface area contributed by atoms with Gasteiger partial charge in [0.1, 0.15) is 6.33 Å². The Balaban J connectivity index is 2.14. The monoisotopic (exact) mass is 199 g/mol. The van der Waals surface area contributed by atoms with Gasteiger partial charge < -0.3 is 0 Å². The number of nitrogens with zero attached hydrogens (tertiary/aromatic N) is 4. The van der Waals surface area contributed by atoms with Crippen LogP contribution in [0.25, 0.3) is 11.3 Å². The minimum absolute atomic E-state index is 0.827. The first-order valence-corrected chi connectivity index (χ1v) is 4.77. The lowest BCUT2D eigenvalue weighted by molar-refractivity contribution is 0.952. The highest BCUT2D eigenvalue weighted by Crippen LogP contribution is 2.23. The van der Waals surface area contributed by atoms with Crippen LogP contribution in [-0.4, -0.2) is 32.9 Å². The second-order valence-corrected chi connectivity index (χ2v) is 3.38. The largest absolute Gasteiger partial charge is 0.291 e. The molecule has 0 spiro atoms. The third kappa shape index (κ3) is 1.32. The van der Waals surface area contributed by atoms with Crippen molar-refractivity contribution in [2.45, 2.75) is 6.42 Å². The van der Waals surface area contributed by atoms with E-state index in [0.717, 1.165) is 29.9 Å². The third-order valence-electron chi connectivity index (χ3n) is 2.44. The number of hydrogen-bond acceptors (Lipinski definition) is 4. The molecule has 5 nitrogen and oxygen atoms in total. The SMILES string of the molecule is C1=NCCc2c(-c3cncnc3)n[nH]c21. The number of hydrogen-bond donors (Lipinski definition) is 1. The van der Waals surface area contributed by atoms with Gasteiger partial charge >= 0.3 is 0 Å². The average Bonchev–Trinajstić information content (AvgIpc) is 2.74. The quantitative estimate of drug-likeness (QED) is 0.740. The molecule has 1 N–H and O–H groups in total. The van der Waals surface area contributed by atoms with Gasteiger partial charge in [0.05, 0.1) is 11.4 Å². The molecule has 0 amide bonds. The summed E-state index contributed by atoms with van der Waals surface area (Å²) >= 11 is 0. The van der Waals surface area contributed by atoms with E-state index in [1.165, 1.54) is 11.9 Å². The molecule has 1 aliphatic rings. The normalized spacial score (nSPS) is 13.9. The Morgan fingerprint density at radius 1 is 1.20 bits per heavy atom. The van der Waals surface area contributed by atoms with Crippen molar-refractivity contribution in [2.75, 3.05) is 6.54 Å². The Labute approximate surface area is 86.3 Å². The molecule has 74 valence electrons. The summed E-state index contributed by atoms with van der Waals surface area (Å²) in [5.74, 6) is 0. The van der Waals surface area contributed by atoms with Crippen LogP contribution in [0.5, 0.6) is 0 Å². The predicted octanol–water partition coefficient (Wildman–Crippen LogP) is 0.842. The second-order valence-electron chi connectivity index (χ2n) is 3.38. The van der Waals surface area contributed by atoms with E-state index in [1.807, 2.05) is 6.21 Å². The van der Waals surface area contributed by atoms with Gasteiger partial charge in [-0.2, -0.15) is 5.10 Å². The van der Waals surface area contributed by atoms with Crippen LogP contribution in [0, 0.1) is 0 Å². The van der Waals surface area contributed by atoms with Crippen molar-refractivity contribution in [3.05, 3.63) is 30.0 Å². The van der Waals surface area contributed by atoms with Crippen molar-refractivity contribution in [1.82, 2.24) is 20.2 Å². The molecule has 0 saturated carbocycles. The van der Waals surface area contributed by atoms with E-state index in [-0.39, 0.29) is 0 Å². The zero-order valence-electron chi connectivity index (χ0n) is 8.01. The van der Waals surface area contributed by atoms with Gasteiger partial charge in [0, 0.05) is 36.3 Å². The van der Waals surface area contributed by atoms with E-state index in [9.17, 15) is 0 Å². The highest BCUT2D eigenvalue weighted by atomic mass is 15.1. The number of rotatable bonds is 1. The van der Waals surface area contributed by atoms with Crippen molar-refractivity contribution in [2.24, 2.45) is 4.99 Å². The van der Waals surface area contributed by atoms with Gasteiger partial charge in [-0.25, -0.2) is 9.97 Å². The molecule has 3 heterocycles. The number of H-pyrrole nitrogens is 1. The molecule has 0 radical (unpaired) electrons.